The molecule has 7 heteroatoms. The summed E-state index contributed by atoms with van der Waals surface area (Å²) in [6.45, 7) is 3.67. The van der Waals surface area contributed by atoms with Crippen LogP contribution in [-0.2, 0) is 22.6 Å². The van der Waals surface area contributed by atoms with E-state index in [1.54, 1.807) is 18.2 Å². The Morgan fingerprint density at radius 3 is 2.60 bits per heavy atom. The summed E-state index contributed by atoms with van der Waals surface area (Å²) >= 11 is 0. The molecule has 25 heavy (non-hydrogen) atoms. The average Bonchev–Trinajstić information content (AvgIpc) is 3.19. The zero-order valence-electron chi connectivity index (χ0n) is 13.9. The van der Waals surface area contributed by atoms with Crippen molar-refractivity contribution in [3.63, 3.8) is 0 Å². The Labute approximate surface area is 143 Å². The first kappa shape index (κ1) is 16.9. The van der Waals surface area contributed by atoms with Crippen LogP contribution in [0, 0.1) is 19.7 Å². The first-order valence-corrected chi connectivity index (χ1v) is 7.82. The third-order valence-corrected chi connectivity index (χ3v) is 3.83. The molecule has 0 spiro atoms. The predicted molar refractivity (Wildman–Crippen MR) is 86.0 cm³/mol. The lowest BCUT2D eigenvalue weighted by Gasteiger charge is -2.02. The minimum absolute atomic E-state index is 0.0190. The van der Waals surface area contributed by atoms with Gasteiger partial charge in [-0.05, 0) is 44.5 Å². The number of hydrogen-bond acceptors (Lipinski definition) is 6. The van der Waals surface area contributed by atoms with Crippen LogP contribution in [0.2, 0.25) is 0 Å². The van der Waals surface area contributed by atoms with E-state index in [1.165, 1.54) is 12.1 Å². The van der Waals surface area contributed by atoms with Gasteiger partial charge in [0, 0.05) is 23.6 Å². The molecule has 0 aliphatic rings. The van der Waals surface area contributed by atoms with Gasteiger partial charge in [0.15, 0.2) is 5.76 Å². The van der Waals surface area contributed by atoms with Crippen LogP contribution >= 0.6 is 0 Å². The van der Waals surface area contributed by atoms with Crippen molar-refractivity contribution in [3.8, 4) is 11.3 Å². The van der Waals surface area contributed by atoms with Crippen molar-refractivity contribution in [1.29, 1.82) is 0 Å². The van der Waals surface area contributed by atoms with Gasteiger partial charge in [0.1, 0.15) is 23.9 Å². The Hall–Kier alpha value is -2.96. The van der Waals surface area contributed by atoms with Crippen LogP contribution in [0.5, 0.6) is 0 Å². The van der Waals surface area contributed by atoms with Crippen molar-refractivity contribution >= 4 is 5.97 Å². The van der Waals surface area contributed by atoms with Crippen molar-refractivity contribution in [2.24, 2.45) is 0 Å². The van der Waals surface area contributed by atoms with Crippen LogP contribution in [0.15, 0.2) is 39.4 Å². The molecule has 0 amide bonds. The molecule has 2 aromatic heterocycles. The first-order chi connectivity index (χ1) is 12.0. The molecular formula is C18H17FN2O4. The molecule has 0 atom stereocenters. The summed E-state index contributed by atoms with van der Waals surface area (Å²) in [4.78, 5) is 11.9. The quantitative estimate of drug-likeness (QED) is 0.634. The zero-order chi connectivity index (χ0) is 17.8. The molecule has 0 aliphatic heterocycles. The smallest absolute Gasteiger partial charge is 0.306 e. The highest BCUT2D eigenvalue weighted by atomic mass is 19.1. The fourth-order valence-electron chi connectivity index (χ4n) is 2.44. The van der Waals surface area contributed by atoms with Gasteiger partial charge in [-0.25, -0.2) is 4.39 Å². The summed E-state index contributed by atoms with van der Waals surface area (Å²) in [5, 5.41) is 7.71. The van der Waals surface area contributed by atoms with Gasteiger partial charge in [0.2, 0.25) is 0 Å². The first-order valence-electron chi connectivity index (χ1n) is 7.82. The topological polar surface area (TPSA) is 78.4 Å². The minimum atomic E-state index is -0.341. The third-order valence-electron chi connectivity index (χ3n) is 3.83. The number of nitrogens with zero attached hydrogens (tertiary/aromatic N) is 2. The Morgan fingerprint density at radius 1 is 1.16 bits per heavy atom. The molecule has 0 saturated carbocycles. The maximum atomic E-state index is 12.9. The van der Waals surface area contributed by atoms with Crippen LogP contribution in [-0.4, -0.2) is 16.3 Å². The van der Waals surface area contributed by atoms with E-state index >= 15 is 0 Å². The second-order valence-electron chi connectivity index (χ2n) is 5.65. The number of benzene rings is 1. The molecule has 0 N–H and O–H groups in total. The number of hydrogen-bond donors (Lipinski definition) is 0. The number of aryl methyl sites for hydroxylation is 2. The van der Waals surface area contributed by atoms with Crippen LogP contribution in [0.4, 0.5) is 4.39 Å². The van der Waals surface area contributed by atoms with E-state index in [-0.39, 0.29) is 24.8 Å². The SMILES string of the molecule is Cc1noc(C)c1CCC(=O)OCc1cc(-c2ccc(F)cc2)on1. The predicted octanol–water partition coefficient (Wildman–Crippen LogP) is 3.76. The average molecular weight is 344 g/mol. The standard InChI is InChI=1S/C18H17FN2O4/c1-11-16(12(2)24-20-11)7-8-18(22)23-10-15-9-17(25-21-15)13-3-5-14(19)6-4-13/h3-6,9H,7-8,10H2,1-2H3. The summed E-state index contributed by atoms with van der Waals surface area (Å²) in [7, 11) is 0. The molecular weight excluding hydrogens is 327 g/mol. The fourth-order valence-corrected chi connectivity index (χ4v) is 2.44. The number of halogens is 1. The van der Waals surface area contributed by atoms with E-state index < -0.39 is 0 Å². The lowest BCUT2D eigenvalue weighted by atomic mass is 10.1. The summed E-state index contributed by atoms with van der Waals surface area (Å²) in [6, 6.07) is 7.53. The maximum absolute atomic E-state index is 12.9. The second-order valence-corrected chi connectivity index (χ2v) is 5.65. The Morgan fingerprint density at radius 2 is 1.92 bits per heavy atom. The van der Waals surface area contributed by atoms with Crippen LogP contribution < -0.4 is 0 Å². The van der Waals surface area contributed by atoms with Gasteiger partial charge in [0.25, 0.3) is 0 Å². The number of carbonyl (C=O) groups is 1. The Bertz CT molecular complexity index is 848. The largest absolute Gasteiger partial charge is 0.459 e. The van der Waals surface area contributed by atoms with Crippen LogP contribution in [0.3, 0.4) is 0 Å². The summed E-state index contributed by atoms with van der Waals surface area (Å²) in [5.74, 6) is 0.537. The van der Waals surface area contributed by atoms with Gasteiger partial charge >= 0.3 is 5.97 Å². The lowest BCUT2D eigenvalue weighted by Crippen LogP contribution is -2.06. The van der Waals surface area contributed by atoms with Crippen LogP contribution in [0.1, 0.15) is 29.1 Å². The van der Waals surface area contributed by atoms with Crippen molar-refractivity contribution in [2.45, 2.75) is 33.3 Å². The van der Waals surface area contributed by atoms with E-state index in [9.17, 15) is 9.18 Å². The normalized spacial score (nSPS) is 10.8. The zero-order valence-corrected chi connectivity index (χ0v) is 13.9. The molecule has 0 aliphatic carbocycles. The Kier molecular flexibility index (Phi) is 4.92. The molecule has 0 fully saturated rings. The summed E-state index contributed by atoms with van der Waals surface area (Å²) in [5.41, 5.74) is 2.90. The monoisotopic (exact) mass is 344 g/mol. The van der Waals surface area contributed by atoms with Crippen molar-refractivity contribution in [1.82, 2.24) is 10.3 Å². The maximum Gasteiger partial charge on any atom is 0.306 e. The van der Waals surface area contributed by atoms with E-state index in [4.69, 9.17) is 13.8 Å². The molecule has 6 nitrogen and oxygen atoms in total. The van der Waals surface area contributed by atoms with E-state index in [1.807, 2.05) is 13.8 Å². The molecule has 2 heterocycles. The molecule has 0 radical (unpaired) electrons. The molecule has 3 rings (SSSR count). The minimum Gasteiger partial charge on any atom is -0.459 e. The third kappa shape index (κ3) is 4.12. The van der Waals surface area contributed by atoms with Gasteiger partial charge in [-0.3, -0.25) is 4.79 Å². The van der Waals surface area contributed by atoms with E-state index in [2.05, 4.69) is 10.3 Å². The Balaban J connectivity index is 1.52. The van der Waals surface area contributed by atoms with E-state index in [0.29, 0.717) is 29.2 Å². The highest BCUT2D eigenvalue weighted by Crippen LogP contribution is 2.21. The summed E-state index contributed by atoms with van der Waals surface area (Å²) < 4.78 is 28.4. The number of esters is 1. The number of aromatic nitrogens is 2. The van der Waals surface area contributed by atoms with Crippen molar-refractivity contribution in [2.75, 3.05) is 0 Å². The fraction of sp³-hybridized carbons (Fsp3) is 0.278. The molecule has 3 aromatic rings. The van der Waals surface area contributed by atoms with Gasteiger partial charge < -0.3 is 13.8 Å². The molecule has 0 saturated heterocycles. The molecule has 0 bridgehead atoms. The number of rotatable bonds is 6. The van der Waals surface area contributed by atoms with Gasteiger partial charge in [-0.15, -0.1) is 0 Å². The lowest BCUT2D eigenvalue weighted by molar-refractivity contribution is -0.145. The number of carbonyl (C=O) groups excluding carboxylic acids is 1. The van der Waals surface area contributed by atoms with Crippen molar-refractivity contribution < 1.29 is 23.0 Å². The molecule has 1 aromatic carbocycles. The van der Waals surface area contributed by atoms with Gasteiger partial charge in [0.05, 0.1) is 5.69 Å². The van der Waals surface area contributed by atoms with Crippen molar-refractivity contribution in [3.05, 3.63) is 58.9 Å². The van der Waals surface area contributed by atoms with Crippen LogP contribution in [0.25, 0.3) is 11.3 Å². The molecule has 0 unspecified atom stereocenters. The highest BCUT2D eigenvalue weighted by Gasteiger charge is 2.13. The summed E-state index contributed by atoms with van der Waals surface area (Å²) in [6.07, 6.45) is 0.741. The second kappa shape index (κ2) is 7.29. The molecule has 130 valence electrons. The van der Waals surface area contributed by atoms with E-state index in [0.717, 1.165) is 11.3 Å². The highest BCUT2D eigenvalue weighted by molar-refractivity contribution is 5.69. The number of ether oxygens (including phenoxy) is 1. The van der Waals surface area contributed by atoms with Gasteiger partial charge in [-0.2, -0.15) is 0 Å². The van der Waals surface area contributed by atoms with Gasteiger partial charge in [-0.1, -0.05) is 10.3 Å².